The zero-order chi connectivity index (χ0) is 21.2. The summed E-state index contributed by atoms with van der Waals surface area (Å²) in [6.45, 7) is 5.86. The molecular weight excluding hydrogens is 397 g/mol. The molecule has 0 saturated heterocycles. The highest BCUT2D eigenvalue weighted by atomic mass is 32.2. The van der Waals surface area contributed by atoms with E-state index in [1.807, 2.05) is 20.8 Å². The summed E-state index contributed by atoms with van der Waals surface area (Å²) in [7, 11) is -4.00. The van der Waals surface area contributed by atoms with Crippen molar-refractivity contribution < 1.29 is 22.1 Å². The molecule has 0 fully saturated rings. The van der Waals surface area contributed by atoms with E-state index in [0.717, 1.165) is 6.07 Å². The third-order valence-electron chi connectivity index (χ3n) is 4.04. The highest BCUT2D eigenvalue weighted by molar-refractivity contribution is 7.92. The van der Waals surface area contributed by atoms with Crippen LogP contribution in [0.5, 0.6) is 0 Å². The molecule has 7 nitrogen and oxygen atoms in total. The van der Waals surface area contributed by atoms with Crippen LogP contribution in [0.4, 0.5) is 15.9 Å². The molecular formula is C20H20FN3O4S. The molecule has 29 heavy (non-hydrogen) atoms. The highest BCUT2D eigenvalue weighted by Crippen LogP contribution is 2.25. The minimum absolute atomic E-state index is 0.103. The second kappa shape index (κ2) is 7.67. The number of amides is 1. The maximum Gasteiger partial charge on any atom is 0.261 e. The summed E-state index contributed by atoms with van der Waals surface area (Å²) in [5.74, 6) is -0.273. The Morgan fingerprint density at radius 1 is 1.07 bits per heavy atom. The van der Waals surface area contributed by atoms with Crippen molar-refractivity contribution in [2.75, 3.05) is 10.0 Å². The number of sulfonamides is 1. The van der Waals surface area contributed by atoms with Crippen LogP contribution < -0.4 is 10.0 Å². The van der Waals surface area contributed by atoms with Crippen molar-refractivity contribution in [3.8, 4) is 0 Å². The van der Waals surface area contributed by atoms with E-state index in [-0.39, 0.29) is 27.4 Å². The minimum atomic E-state index is -4.00. The number of anilines is 2. The quantitative estimate of drug-likeness (QED) is 0.649. The van der Waals surface area contributed by atoms with Crippen molar-refractivity contribution in [3.63, 3.8) is 0 Å². The molecule has 0 aliphatic rings. The number of aromatic nitrogens is 1. The standard InChI is InChI=1S/C20H20FN3O4S/c1-20(2,3)17-12-18(23-28-17)22-19(25)13-8-10-14(11-9-13)29(26,27)24-16-7-5-4-6-15(16)21/h4-12,24H,1-3H3,(H,22,23,25). The maximum atomic E-state index is 13.7. The second-order valence-electron chi connectivity index (χ2n) is 7.39. The molecule has 3 aromatic rings. The van der Waals surface area contributed by atoms with E-state index in [0.29, 0.717) is 5.76 Å². The van der Waals surface area contributed by atoms with E-state index in [9.17, 15) is 17.6 Å². The lowest BCUT2D eigenvalue weighted by Gasteiger charge is -2.12. The number of rotatable bonds is 5. The number of carbonyl (C=O) groups is 1. The van der Waals surface area contributed by atoms with Crippen LogP contribution in [-0.2, 0) is 15.4 Å². The van der Waals surface area contributed by atoms with Crippen molar-refractivity contribution in [1.29, 1.82) is 0 Å². The molecule has 0 aliphatic carbocycles. The van der Waals surface area contributed by atoms with Crippen LogP contribution in [0.1, 0.15) is 36.9 Å². The number of nitrogens with zero attached hydrogens (tertiary/aromatic N) is 1. The van der Waals surface area contributed by atoms with Gasteiger partial charge in [-0.05, 0) is 36.4 Å². The number of nitrogens with one attached hydrogen (secondary N) is 2. The van der Waals surface area contributed by atoms with Crippen LogP contribution in [0.15, 0.2) is 64.0 Å². The maximum absolute atomic E-state index is 13.7. The average Bonchev–Trinajstić information content (AvgIpc) is 3.12. The molecule has 0 saturated carbocycles. The number of hydrogen-bond acceptors (Lipinski definition) is 5. The highest BCUT2D eigenvalue weighted by Gasteiger charge is 2.21. The molecule has 0 atom stereocenters. The van der Waals surface area contributed by atoms with Crippen molar-refractivity contribution in [2.45, 2.75) is 31.1 Å². The molecule has 152 valence electrons. The van der Waals surface area contributed by atoms with E-state index < -0.39 is 21.7 Å². The molecule has 1 aromatic heterocycles. The molecule has 1 amide bonds. The number of para-hydroxylation sites is 1. The van der Waals surface area contributed by atoms with Gasteiger partial charge in [0.1, 0.15) is 11.6 Å². The largest absolute Gasteiger partial charge is 0.359 e. The Morgan fingerprint density at radius 3 is 2.31 bits per heavy atom. The Labute approximate surface area is 168 Å². The molecule has 0 spiro atoms. The molecule has 3 rings (SSSR count). The van der Waals surface area contributed by atoms with Crippen LogP contribution in [0.3, 0.4) is 0 Å². The Hall–Kier alpha value is -3.20. The predicted molar refractivity (Wildman–Crippen MR) is 107 cm³/mol. The molecule has 9 heteroatoms. The molecule has 1 heterocycles. The summed E-state index contributed by atoms with van der Waals surface area (Å²) in [6, 6.07) is 12.3. The van der Waals surface area contributed by atoms with E-state index in [4.69, 9.17) is 4.52 Å². The second-order valence-corrected chi connectivity index (χ2v) is 9.07. The van der Waals surface area contributed by atoms with Gasteiger partial charge in [-0.25, -0.2) is 12.8 Å². The first-order valence-corrected chi connectivity index (χ1v) is 10.2. The molecule has 0 radical (unpaired) electrons. The van der Waals surface area contributed by atoms with Gasteiger partial charge in [0, 0.05) is 17.0 Å². The smallest absolute Gasteiger partial charge is 0.261 e. The van der Waals surface area contributed by atoms with Gasteiger partial charge >= 0.3 is 0 Å². The van der Waals surface area contributed by atoms with Gasteiger partial charge in [0.15, 0.2) is 5.82 Å². The Bertz CT molecular complexity index is 1130. The summed E-state index contributed by atoms with van der Waals surface area (Å²) in [4.78, 5) is 12.3. The van der Waals surface area contributed by atoms with E-state index >= 15 is 0 Å². The predicted octanol–water partition coefficient (Wildman–Crippen LogP) is 4.16. The Balaban J connectivity index is 1.73. The number of carbonyl (C=O) groups excluding carboxylic acids is 1. The van der Waals surface area contributed by atoms with Crippen LogP contribution in [0, 0.1) is 5.82 Å². The summed E-state index contributed by atoms with van der Waals surface area (Å²) >= 11 is 0. The zero-order valence-electron chi connectivity index (χ0n) is 16.1. The van der Waals surface area contributed by atoms with Crippen molar-refractivity contribution in [1.82, 2.24) is 5.16 Å². The third-order valence-corrected chi connectivity index (χ3v) is 5.42. The lowest BCUT2D eigenvalue weighted by Crippen LogP contribution is -2.15. The fourth-order valence-corrected chi connectivity index (χ4v) is 3.48. The normalized spacial score (nSPS) is 11.9. The SMILES string of the molecule is CC(C)(C)c1cc(NC(=O)c2ccc(S(=O)(=O)Nc3ccccc3F)cc2)no1. The van der Waals surface area contributed by atoms with Gasteiger partial charge in [0.2, 0.25) is 0 Å². The Kier molecular flexibility index (Phi) is 5.43. The molecule has 0 aliphatic heterocycles. The number of halogens is 1. The van der Waals surface area contributed by atoms with Gasteiger partial charge in [0.25, 0.3) is 15.9 Å². The van der Waals surface area contributed by atoms with Crippen molar-refractivity contribution in [2.24, 2.45) is 0 Å². The molecule has 0 unspecified atom stereocenters. The van der Waals surface area contributed by atoms with E-state index in [1.165, 1.54) is 42.5 Å². The summed E-state index contributed by atoms with van der Waals surface area (Å²) in [5, 5.41) is 6.41. The van der Waals surface area contributed by atoms with Crippen molar-refractivity contribution >= 4 is 27.4 Å². The van der Waals surface area contributed by atoms with Gasteiger partial charge in [-0.2, -0.15) is 0 Å². The number of benzene rings is 2. The minimum Gasteiger partial charge on any atom is -0.359 e. The lowest BCUT2D eigenvalue weighted by atomic mass is 9.93. The fourth-order valence-electron chi connectivity index (χ4n) is 2.41. The third kappa shape index (κ3) is 4.80. The first-order chi connectivity index (χ1) is 13.6. The van der Waals surface area contributed by atoms with Crippen molar-refractivity contribution in [3.05, 3.63) is 71.7 Å². The topological polar surface area (TPSA) is 101 Å². The van der Waals surface area contributed by atoms with Crippen LogP contribution in [0.2, 0.25) is 0 Å². The molecule has 0 bridgehead atoms. The summed E-state index contributed by atoms with van der Waals surface area (Å²) in [5.41, 5.74) is -0.179. The van der Waals surface area contributed by atoms with E-state index in [1.54, 1.807) is 6.07 Å². The first-order valence-electron chi connectivity index (χ1n) is 8.72. The van der Waals surface area contributed by atoms with Gasteiger partial charge in [0.05, 0.1) is 10.6 Å². The molecule has 2 aromatic carbocycles. The zero-order valence-corrected chi connectivity index (χ0v) is 16.9. The van der Waals surface area contributed by atoms with E-state index in [2.05, 4.69) is 15.2 Å². The summed E-state index contributed by atoms with van der Waals surface area (Å²) in [6.07, 6.45) is 0. The Morgan fingerprint density at radius 2 is 1.72 bits per heavy atom. The van der Waals surface area contributed by atoms with Gasteiger partial charge < -0.3 is 9.84 Å². The average molecular weight is 417 g/mol. The van der Waals surface area contributed by atoms with Crippen LogP contribution in [0.25, 0.3) is 0 Å². The fraction of sp³-hybridized carbons (Fsp3) is 0.200. The molecule has 2 N–H and O–H groups in total. The number of hydrogen-bond donors (Lipinski definition) is 2. The van der Waals surface area contributed by atoms with Crippen LogP contribution >= 0.6 is 0 Å². The monoisotopic (exact) mass is 417 g/mol. The van der Waals surface area contributed by atoms with Gasteiger partial charge in [-0.3, -0.25) is 9.52 Å². The summed E-state index contributed by atoms with van der Waals surface area (Å²) < 4.78 is 45.9. The first kappa shape index (κ1) is 20.5. The van der Waals surface area contributed by atoms with Gasteiger partial charge in [-0.15, -0.1) is 0 Å². The lowest BCUT2D eigenvalue weighted by molar-refractivity contribution is 0.102. The van der Waals surface area contributed by atoms with Crippen LogP contribution in [-0.4, -0.2) is 19.5 Å². The van der Waals surface area contributed by atoms with Gasteiger partial charge in [-0.1, -0.05) is 38.1 Å².